The van der Waals surface area contributed by atoms with Crippen LogP contribution >= 0.6 is 0 Å². The van der Waals surface area contributed by atoms with Crippen molar-refractivity contribution in [3.8, 4) is 6.07 Å². The van der Waals surface area contributed by atoms with Crippen LogP contribution in [0.3, 0.4) is 0 Å². The fourth-order valence-corrected chi connectivity index (χ4v) is 1.99. The minimum absolute atomic E-state index is 0.491. The predicted molar refractivity (Wildman–Crippen MR) is 62.9 cm³/mol. The molecule has 1 aromatic rings. The highest BCUT2D eigenvalue weighted by Gasteiger charge is 2.18. The number of pyridine rings is 1. The van der Waals surface area contributed by atoms with Gasteiger partial charge in [-0.05, 0) is 25.0 Å². The second-order valence-electron chi connectivity index (χ2n) is 4.07. The van der Waals surface area contributed by atoms with Crippen LogP contribution in [0, 0.1) is 11.3 Å². The van der Waals surface area contributed by atoms with Gasteiger partial charge in [0.15, 0.2) is 0 Å². The Kier molecular flexibility index (Phi) is 3.73. The average Bonchev–Trinajstić information content (AvgIpc) is 2.33. The van der Waals surface area contributed by atoms with Crippen molar-refractivity contribution in [1.29, 1.82) is 5.26 Å². The zero-order valence-electron chi connectivity index (χ0n) is 9.26. The van der Waals surface area contributed by atoms with E-state index in [1.54, 1.807) is 6.20 Å². The number of hydrogen-bond donors (Lipinski definition) is 1. The normalized spacial score (nSPS) is 17.9. The quantitative estimate of drug-likeness (QED) is 0.778. The van der Waals surface area contributed by atoms with Gasteiger partial charge in [-0.3, -0.25) is 4.90 Å². The summed E-state index contributed by atoms with van der Waals surface area (Å²) in [4.78, 5) is 6.44. The van der Waals surface area contributed by atoms with Gasteiger partial charge in [-0.25, -0.2) is 4.98 Å². The number of anilines is 1. The molecule has 0 unspecified atom stereocenters. The summed E-state index contributed by atoms with van der Waals surface area (Å²) < 4.78 is 0. The molecule has 2 rings (SSSR count). The van der Waals surface area contributed by atoms with E-state index in [9.17, 15) is 0 Å². The number of piperidine rings is 1. The van der Waals surface area contributed by atoms with Gasteiger partial charge in [-0.15, -0.1) is 0 Å². The molecule has 1 aliphatic rings. The number of rotatable bonds is 3. The Morgan fingerprint density at radius 2 is 2.25 bits per heavy atom. The topological polar surface area (TPSA) is 52.0 Å². The van der Waals surface area contributed by atoms with E-state index < -0.39 is 0 Å². The average molecular weight is 216 g/mol. The second-order valence-corrected chi connectivity index (χ2v) is 4.07. The van der Waals surface area contributed by atoms with Gasteiger partial charge in [-0.1, -0.05) is 6.07 Å². The van der Waals surface area contributed by atoms with Crippen LogP contribution < -0.4 is 5.32 Å². The Bertz CT molecular complexity index is 349. The first-order chi connectivity index (χ1) is 7.88. The van der Waals surface area contributed by atoms with Gasteiger partial charge in [0, 0.05) is 25.3 Å². The first kappa shape index (κ1) is 10.9. The summed E-state index contributed by atoms with van der Waals surface area (Å²) in [6.45, 7) is 2.55. The Balaban J connectivity index is 1.80. The third-order valence-electron chi connectivity index (χ3n) is 2.90. The van der Waals surface area contributed by atoms with Crippen molar-refractivity contribution in [3.63, 3.8) is 0 Å². The standard InChI is InChI=1S/C12H16N4/c13-6-10-16-8-4-11(5-9-16)15-12-3-1-2-7-14-12/h1-3,7,11H,4-5,8-10H2,(H,14,15). The molecule has 0 aliphatic carbocycles. The lowest BCUT2D eigenvalue weighted by atomic mass is 10.1. The van der Waals surface area contributed by atoms with Crippen LogP contribution in [0.1, 0.15) is 12.8 Å². The van der Waals surface area contributed by atoms with E-state index in [1.165, 1.54) is 0 Å². The predicted octanol–water partition coefficient (Wildman–Crippen LogP) is 1.48. The molecule has 4 nitrogen and oxygen atoms in total. The number of likely N-dealkylation sites (tertiary alicyclic amines) is 1. The molecule has 1 fully saturated rings. The van der Waals surface area contributed by atoms with Crippen molar-refractivity contribution in [1.82, 2.24) is 9.88 Å². The van der Waals surface area contributed by atoms with Gasteiger partial charge in [0.05, 0.1) is 12.6 Å². The maximum atomic E-state index is 8.60. The number of nitrogens with one attached hydrogen (secondary N) is 1. The molecule has 0 saturated carbocycles. The van der Waals surface area contributed by atoms with E-state index in [1.807, 2.05) is 18.2 Å². The fourth-order valence-electron chi connectivity index (χ4n) is 1.99. The second kappa shape index (κ2) is 5.47. The van der Waals surface area contributed by atoms with Crippen molar-refractivity contribution in [2.24, 2.45) is 0 Å². The first-order valence-corrected chi connectivity index (χ1v) is 5.65. The first-order valence-electron chi connectivity index (χ1n) is 5.65. The van der Waals surface area contributed by atoms with Crippen LogP contribution in [0.15, 0.2) is 24.4 Å². The molecule has 0 bridgehead atoms. The van der Waals surface area contributed by atoms with E-state index in [4.69, 9.17) is 5.26 Å². The highest BCUT2D eigenvalue weighted by atomic mass is 15.1. The molecule has 0 aromatic carbocycles. The van der Waals surface area contributed by atoms with Crippen molar-refractivity contribution in [2.75, 3.05) is 25.0 Å². The molecule has 0 atom stereocenters. The number of aromatic nitrogens is 1. The Morgan fingerprint density at radius 3 is 2.88 bits per heavy atom. The number of nitrogens with zero attached hydrogens (tertiary/aromatic N) is 3. The molecule has 1 aromatic heterocycles. The summed E-state index contributed by atoms with van der Waals surface area (Å²) in [7, 11) is 0. The minimum atomic E-state index is 0.491. The smallest absolute Gasteiger partial charge is 0.126 e. The van der Waals surface area contributed by atoms with Crippen LogP contribution in [-0.2, 0) is 0 Å². The third-order valence-corrected chi connectivity index (χ3v) is 2.90. The van der Waals surface area contributed by atoms with Gasteiger partial charge >= 0.3 is 0 Å². The molecular weight excluding hydrogens is 200 g/mol. The zero-order chi connectivity index (χ0) is 11.2. The molecule has 0 radical (unpaired) electrons. The highest BCUT2D eigenvalue weighted by molar-refractivity contribution is 5.34. The lowest BCUT2D eigenvalue weighted by Gasteiger charge is -2.30. The third kappa shape index (κ3) is 2.94. The maximum absolute atomic E-state index is 8.60. The van der Waals surface area contributed by atoms with Crippen LogP contribution in [0.4, 0.5) is 5.82 Å². The minimum Gasteiger partial charge on any atom is -0.367 e. The van der Waals surface area contributed by atoms with E-state index in [0.717, 1.165) is 31.7 Å². The molecule has 2 heterocycles. The lowest BCUT2D eigenvalue weighted by Crippen LogP contribution is -2.39. The van der Waals surface area contributed by atoms with Crippen LogP contribution in [0.5, 0.6) is 0 Å². The SMILES string of the molecule is N#CCN1CCC(Nc2ccccn2)CC1. The summed E-state index contributed by atoms with van der Waals surface area (Å²) in [6, 6.07) is 8.58. The van der Waals surface area contributed by atoms with Gasteiger partial charge in [0.1, 0.15) is 5.82 Å². The number of hydrogen-bond acceptors (Lipinski definition) is 4. The van der Waals surface area contributed by atoms with Crippen LogP contribution in [0.2, 0.25) is 0 Å². The van der Waals surface area contributed by atoms with Crippen molar-refractivity contribution < 1.29 is 0 Å². The lowest BCUT2D eigenvalue weighted by molar-refractivity contribution is 0.242. The molecule has 0 amide bonds. The highest BCUT2D eigenvalue weighted by Crippen LogP contribution is 2.14. The van der Waals surface area contributed by atoms with Crippen LogP contribution in [0.25, 0.3) is 0 Å². The van der Waals surface area contributed by atoms with E-state index in [-0.39, 0.29) is 0 Å². The van der Waals surface area contributed by atoms with Crippen molar-refractivity contribution in [2.45, 2.75) is 18.9 Å². The summed E-state index contributed by atoms with van der Waals surface area (Å²) in [5.74, 6) is 0.946. The summed E-state index contributed by atoms with van der Waals surface area (Å²) in [5.41, 5.74) is 0. The van der Waals surface area contributed by atoms with Crippen molar-refractivity contribution in [3.05, 3.63) is 24.4 Å². The van der Waals surface area contributed by atoms with Gasteiger partial charge < -0.3 is 5.32 Å². The van der Waals surface area contributed by atoms with E-state index >= 15 is 0 Å². The summed E-state index contributed by atoms with van der Waals surface area (Å²) in [6.07, 6.45) is 3.96. The fraction of sp³-hybridized carbons (Fsp3) is 0.500. The van der Waals surface area contributed by atoms with E-state index in [2.05, 4.69) is 21.3 Å². The van der Waals surface area contributed by atoms with Crippen molar-refractivity contribution >= 4 is 5.82 Å². The van der Waals surface area contributed by atoms with Gasteiger partial charge in [0.2, 0.25) is 0 Å². The molecule has 1 saturated heterocycles. The zero-order valence-corrected chi connectivity index (χ0v) is 9.26. The Morgan fingerprint density at radius 1 is 1.44 bits per heavy atom. The molecule has 4 heteroatoms. The Labute approximate surface area is 95.9 Å². The van der Waals surface area contributed by atoms with Gasteiger partial charge in [-0.2, -0.15) is 5.26 Å². The molecule has 0 spiro atoms. The summed E-state index contributed by atoms with van der Waals surface area (Å²) in [5, 5.41) is 12.0. The molecule has 16 heavy (non-hydrogen) atoms. The monoisotopic (exact) mass is 216 g/mol. The molecule has 1 N–H and O–H groups in total. The Hall–Kier alpha value is -1.60. The molecular formula is C12H16N4. The molecule has 84 valence electrons. The van der Waals surface area contributed by atoms with E-state index in [0.29, 0.717) is 12.6 Å². The van der Waals surface area contributed by atoms with Crippen LogP contribution in [-0.4, -0.2) is 35.6 Å². The number of nitriles is 1. The maximum Gasteiger partial charge on any atom is 0.126 e. The molecule has 1 aliphatic heterocycles. The largest absolute Gasteiger partial charge is 0.367 e. The van der Waals surface area contributed by atoms with Gasteiger partial charge in [0.25, 0.3) is 0 Å². The summed E-state index contributed by atoms with van der Waals surface area (Å²) >= 11 is 0.